The highest BCUT2D eigenvalue weighted by atomic mass is 32.2. The van der Waals surface area contributed by atoms with Gasteiger partial charge in [0.15, 0.2) is 6.04 Å². The normalized spacial score (nSPS) is 12.6. The van der Waals surface area contributed by atoms with Crippen LogP contribution in [0.1, 0.15) is 30.3 Å². The minimum Gasteiger partial charge on any atom is -0.492 e. The average Bonchev–Trinajstić information content (AvgIpc) is 3.80. The molecule has 1 amide bonds. The van der Waals surface area contributed by atoms with Gasteiger partial charge in [0.1, 0.15) is 37.0 Å². The number of carbonyl (C=O) groups is 2. The first kappa shape index (κ1) is 33.6. The van der Waals surface area contributed by atoms with E-state index in [9.17, 15) is 23.5 Å². The number of carboxylic acid groups (broad SMARTS) is 1. The number of thiazole rings is 1. The molecule has 0 aliphatic carbocycles. The van der Waals surface area contributed by atoms with Gasteiger partial charge in [0.05, 0.1) is 41.9 Å². The first-order chi connectivity index (χ1) is 22.7. The van der Waals surface area contributed by atoms with E-state index >= 15 is 0 Å². The van der Waals surface area contributed by atoms with Gasteiger partial charge in [-0.1, -0.05) is 35.9 Å². The van der Waals surface area contributed by atoms with Crippen LogP contribution in [0.15, 0.2) is 59.2 Å². The van der Waals surface area contributed by atoms with E-state index < -0.39 is 29.0 Å². The van der Waals surface area contributed by atoms with Crippen LogP contribution in [-0.2, 0) is 58.1 Å². The fourth-order valence-corrected chi connectivity index (χ4v) is 5.80. The van der Waals surface area contributed by atoms with Crippen LogP contribution in [-0.4, -0.2) is 80.0 Å². The monoisotopic (exact) mass is 684 g/mol. The quantitative estimate of drug-likeness (QED) is 0.114. The number of aryl methyl sites for hydroxylation is 1. The first-order valence-electron chi connectivity index (χ1n) is 14.5. The number of aliphatic carboxylic acids is 1. The van der Waals surface area contributed by atoms with Gasteiger partial charge in [-0.15, -0.1) is 21.5 Å². The van der Waals surface area contributed by atoms with Crippen LogP contribution in [0.3, 0.4) is 0 Å². The van der Waals surface area contributed by atoms with Crippen molar-refractivity contribution in [2.75, 3.05) is 13.2 Å². The largest absolute Gasteiger partial charge is 0.492 e. The Morgan fingerprint density at radius 2 is 1.81 bits per heavy atom. The van der Waals surface area contributed by atoms with Crippen LogP contribution in [0.2, 0.25) is 0 Å². The van der Waals surface area contributed by atoms with Gasteiger partial charge in [-0.3, -0.25) is 4.79 Å². The molecule has 5 rings (SSSR count). The summed E-state index contributed by atoms with van der Waals surface area (Å²) in [6, 6.07) is 11.0. The Morgan fingerprint density at radius 1 is 1.02 bits per heavy atom. The molecule has 0 saturated heterocycles. The summed E-state index contributed by atoms with van der Waals surface area (Å²) in [4.78, 5) is 28.5. The van der Waals surface area contributed by atoms with E-state index in [0.717, 1.165) is 35.4 Å². The minimum absolute atomic E-state index is 0.0459. The summed E-state index contributed by atoms with van der Waals surface area (Å²) >= 11 is -1.07. The van der Waals surface area contributed by atoms with Gasteiger partial charge in [0, 0.05) is 6.20 Å². The second-order valence-corrected chi connectivity index (χ2v) is 12.4. The van der Waals surface area contributed by atoms with Gasteiger partial charge in [-0.2, -0.15) is 0 Å². The van der Waals surface area contributed by atoms with E-state index in [1.165, 1.54) is 10.9 Å². The zero-order valence-corrected chi connectivity index (χ0v) is 26.9. The van der Waals surface area contributed by atoms with Gasteiger partial charge in [-0.05, 0) is 42.3 Å². The van der Waals surface area contributed by atoms with E-state index in [1.54, 1.807) is 28.9 Å². The number of amides is 1. The Balaban J connectivity index is 1.04. The molecule has 0 fully saturated rings. The SMILES string of the molecule is CCCc1cn(CCOc2cccc(COC[C@@H](NC(=O)Cn3cc(COc4ccc5nc(S(=O)O)sc5c4)nn3)C(=O)O)c2)nn1. The molecular weight excluding hydrogens is 653 g/mol. The van der Waals surface area contributed by atoms with Crippen LogP contribution in [0, 0.1) is 0 Å². The Kier molecular flexibility index (Phi) is 11.6. The molecule has 2 aromatic carbocycles. The smallest absolute Gasteiger partial charge is 0.328 e. The number of hydrogen-bond acceptors (Lipinski definition) is 12. The first-order valence-corrected chi connectivity index (χ1v) is 16.4. The molecule has 0 radical (unpaired) electrons. The molecule has 248 valence electrons. The molecule has 5 aromatic rings. The van der Waals surface area contributed by atoms with Crippen LogP contribution in [0.4, 0.5) is 0 Å². The third-order valence-electron chi connectivity index (χ3n) is 6.53. The van der Waals surface area contributed by atoms with Crippen LogP contribution in [0.25, 0.3) is 10.2 Å². The lowest BCUT2D eigenvalue weighted by Crippen LogP contribution is -2.45. The fraction of sp³-hybridized carbons (Fsp3) is 0.345. The topological polar surface area (TPSA) is 206 Å². The van der Waals surface area contributed by atoms with Crippen molar-refractivity contribution in [3.63, 3.8) is 0 Å². The van der Waals surface area contributed by atoms with E-state index in [1.807, 2.05) is 24.4 Å². The Morgan fingerprint density at radius 3 is 2.62 bits per heavy atom. The summed E-state index contributed by atoms with van der Waals surface area (Å²) < 4.78 is 41.5. The molecule has 0 saturated carbocycles. The summed E-state index contributed by atoms with van der Waals surface area (Å²) in [6.45, 7) is 2.67. The third-order valence-corrected chi connectivity index (χ3v) is 8.42. The lowest BCUT2D eigenvalue weighted by molar-refractivity contribution is -0.144. The Hall–Kier alpha value is -4.78. The van der Waals surface area contributed by atoms with Gasteiger partial charge in [0.2, 0.25) is 21.3 Å². The lowest BCUT2D eigenvalue weighted by Gasteiger charge is -2.15. The summed E-state index contributed by atoms with van der Waals surface area (Å²) in [7, 11) is 0. The molecule has 3 heterocycles. The number of carboxylic acids is 1. The second-order valence-electron chi connectivity index (χ2n) is 10.2. The third kappa shape index (κ3) is 9.85. The molecule has 16 nitrogen and oxygen atoms in total. The second kappa shape index (κ2) is 16.2. The lowest BCUT2D eigenvalue weighted by atomic mass is 10.2. The predicted molar refractivity (Wildman–Crippen MR) is 168 cm³/mol. The van der Waals surface area contributed by atoms with E-state index in [2.05, 4.69) is 37.8 Å². The maximum absolute atomic E-state index is 12.6. The van der Waals surface area contributed by atoms with Crippen molar-refractivity contribution in [1.82, 2.24) is 40.3 Å². The number of rotatable bonds is 18. The number of fused-ring (bicyclic) bond motifs is 1. The van der Waals surface area contributed by atoms with Crippen molar-refractivity contribution >= 4 is 44.5 Å². The van der Waals surface area contributed by atoms with Crippen molar-refractivity contribution in [2.24, 2.45) is 0 Å². The number of aromatic nitrogens is 7. The molecule has 2 atom stereocenters. The molecule has 1 unspecified atom stereocenters. The molecule has 47 heavy (non-hydrogen) atoms. The van der Waals surface area contributed by atoms with Crippen LogP contribution < -0.4 is 14.8 Å². The fourth-order valence-electron chi connectivity index (χ4n) is 4.34. The maximum Gasteiger partial charge on any atom is 0.328 e. The molecule has 3 aromatic heterocycles. The minimum atomic E-state index is -2.16. The molecule has 18 heteroatoms. The number of nitrogens with zero attached hydrogens (tertiary/aromatic N) is 7. The van der Waals surface area contributed by atoms with Crippen molar-refractivity contribution < 1.29 is 37.7 Å². The number of nitrogens with one attached hydrogen (secondary N) is 1. The van der Waals surface area contributed by atoms with Crippen molar-refractivity contribution in [3.05, 3.63) is 71.8 Å². The molecule has 0 bridgehead atoms. The summed E-state index contributed by atoms with van der Waals surface area (Å²) in [5.41, 5.74) is 2.74. The average molecular weight is 685 g/mol. The van der Waals surface area contributed by atoms with E-state index in [0.29, 0.717) is 40.6 Å². The van der Waals surface area contributed by atoms with Crippen molar-refractivity contribution in [1.29, 1.82) is 0 Å². The molecule has 0 aliphatic rings. The summed E-state index contributed by atoms with van der Waals surface area (Å²) in [5, 5.41) is 28.2. The highest BCUT2D eigenvalue weighted by Gasteiger charge is 2.21. The summed E-state index contributed by atoms with van der Waals surface area (Å²) in [6.07, 6.45) is 5.29. The van der Waals surface area contributed by atoms with Crippen LogP contribution in [0.5, 0.6) is 11.5 Å². The number of ether oxygens (including phenoxy) is 3. The molecular formula is C29H32N8O8S2. The predicted octanol–water partition coefficient (Wildman–Crippen LogP) is 2.46. The summed E-state index contributed by atoms with van der Waals surface area (Å²) in [5.74, 6) is -0.697. The van der Waals surface area contributed by atoms with Crippen molar-refractivity contribution in [2.45, 2.75) is 56.5 Å². The van der Waals surface area contributed by atoms with Gasteiger partial charge in [-0.25, -0.2) is 23.4 Å². The highest BCUT2D eigenvalue weighted by molar-refractivity contribution is 7.81. The maximum atomic E-state index is 12.6. The van der Waals surface area contributed by atoms with Gasteiger partial charge < -0.3 is 29.2 Å². The highest BCUT2D eigenvalue weighted by Crippen LogP contribution is 2.28. The Labute approximate surface area is 274 Å². The zero-order valence-electron chi connectivity index (χ0n) is 25.2. The van der Waals surface area contributed by atoms with E-state index in [-0.39, 0.29) is 30.7 Å². The van der Waals surface area contributed by atoms with Gasteiger partial charge in [0.25, 0.3) is 0 Å². The molecule has 3 N–H and O–H groups in total. The van der Waals surface area contributed by atoms with Gasteiger partial charge >= 0.3 is 5.97 Å². The Bertz CT molecular complexity index is 1840. The zero-order chi connectivity index (χ0) is 33.2. The number of carbonyl (C=O) groups excluding carboxylic acids is 1. The molecule has 0 aliphatic heterocycles. The number of benzene rings is 2. The van der Waals surface area contributed by atoms with Crippen molar-refractivity contribution in [3.8, 4) is 11.5 Å². The van der Waals surface area contributed by atoms with E-state index in [4.69, 9.17) is 14.2 Å². The molecule has 0 spiro atoms. The standard InChI is InChI=1S/C29H32N8O8S2/c1-2-4-20-13-36(34-32-20)9-10-44-22-6-3-5-19(11-22)16-43-18-25(28(39)40)30-27(38)15-37-14-21(33-35-37)17-45-23-7-8-24-26(12-23)46-29(31-24)47(41)42/h3,5-8,11-14,25H,2,4,9-10,15-18H2,1H3,(H,30,38)(H,39,40)(H,41,42)/t25-/m1/s1. The van der Waals surface area contributed by atoms with Crippen LogP contribution >= 0.6 is 11.3 Å². The number of hydrogen-bond donors (Lipinski definition) is 3.